The minimum absolute atomic E-state index is 0.957. The molecule has 0 amide bonds. The van der Waals surface area contributed by atoms with Gasteiger partial charge in [0.2, 0.25) is 0 Å². The standard InChI is InChI=1S/C17H38Si3/c1-14-15(13-16-9-8-10-17(14)16)11-12-18(19(2,3)4)20(5,6)7/h14-18H,8-13H2,1-7H3/t14-,15+,16+,17-/m0/s1/i18D. The molecule has 4 atom stereocenters. The van der Waals surface area contributed by atoms with Crippen LogP contribution in [-0.4, -0.2) is 24.2 Å². The summed E-state index contributed by atoms with van der Waals surface area (Å²) in [6.45, 7) is 17.5. The van der Waals surface area contributed by atoms with E-state index in [9.17, 15) is 1.23 Å². The van der Waals surface area contributed by atoms with Gasteiger partial charge >= 0.3 is 0 Å². The molecule has 2 fully saturated rings. The predicted molar refractivity (Wildman–Crippen MR) is 101 cm³/mol. The number of hydrogen-bond donors (Lipinski definition) is 0. The molecule has 0 radical (unpaired) electrons. The molecule has 0 bridgehead atoms. The number of hydrogen-bond acceptors (Lipinski definition) is 0. The lowest BCUT2D eigenvalue weighted by Gasteiger charge is -2.38. The van der Waals surface area contributed by atoms with E-state index in [2.05, 4.69) is 46.2 Å². The van der Waals surface area contributed by atoms with Crippen LogP contribution in [0.15, 0.2) is 0 Å². The quantitative estimate of drug-likeness (QED) is 0.584. The van der Waals surface area contributed by atoms with Gasteiger partial charge in [-0.2, -0.15) is 0 Å². The molecular formula is C17H38Si3. The van der Waals surface area contributed by atoms with Gasteiger partial charge in [0, 0.05) is 24.2 Å². The Labute approximate surface area is 132 Å². The van der Waals surface area contributed by atoms with E-state index in [1.165, 1.54) is 38.1 Å². The van der Waals surface area contributed by atoms with E-state index in [0.717, 1.165) is 23.7 Å². The topological polar surface area (TPSA) is 0 Å². The molecule has 2 saturated carbocycles. The fourth-order valence-electron chi connectivity index (χ4n) is 5.59. The van der Waals surface area contributed by atoms with Gasteiger partial charge in [-0.15, -0.1) is 0 Å². The van der Waals surface area contributed by atoms with Gasteiger partial charge in [-0.1, -0.05) is 71.5 Å². The van der Waals surface area contributed by atoms with E-state index in [1.807, 2.05) is 0 Å². The molecule has 0 nitrogen and oxygen atoms in total. The van der Waals surface area contributed by atoms with E-state index < -0.39 is 22.9 Å². The number of fused-ring (bicyclic) bond motifs is 1. The summed E-state index contributed by atoms with van der Waals surface area (Å²) < 4.78 is 9.48. The monoisotopic (exact) mass is 327 g/mol. The summed E-state index contributed by atoms with van der Waals surface area (Å²) in [6, 6.07) is 1.33. The molecule has 0 aromatic rings. The predicted octanol–water partition coefficient (Wildman–Crippen LogP) is 5.51. The van der Waals surface area contributed by atoms with E-state index in [-0.39, 0.29) is 0 Å². The van der Waals surface area contributed by atoms with Crippen LogP contribution in [-0.2, 0) is 0 Å². The Hall–Kier alpha value is 0.651. The molecule has 0 aromatic heterocycles. The Morgan fingerprint density at radius 3 is 2.15 bits per heavy atom. The molecule has 2 rings (SSSR count). The van der Waals surface area contributed by atoms with Gasteiger partial charge in [0.05, 0.1) is 0 Å². The summed E-state index contributed by atoms with van der Waals surface area (Å²) in [7, 11) is -4.36. The fourth-order valence-corrected chi connectivity index (χ4v) is 42.4. The van der Waals surface area contributed by atoms with Gasteiger partial charge < -0.3 is 0 Å². The fraction of sp³-hybridized carbons (Fsp3) is 1.00. The zero-order valence-corrected chi connectivity index (χ0v) is 18.1. The smallest absolute Gasteiger partial charge is 0.0324 e. The van der Waals surface area contributed by atoms with Crippen LogP contribution in [0, 0.1) is 23.7 Å². The van der Waals surface area contributed by atoms with Crippen LogP contribution in [0.4, 0.5) is 0 Å². The molecule has 2 aliphatic rings. The van der Waals surface area contributed by atoms with E-state index in [1.54, 1.807) is 0 Å². The Morgan fingerprint density at radius 2 is 1.65 bits per heavy atom. The Morgan fingerprint density at radius 1 is 1.05 bits per heavy atom. The number of rotatable bonds is 5. The van der Waals surface area contributed by atoms with E-state index >= 15 is 0 Å². The van der Waals surface area contributed by atoms with Gasteiger partial charge in [-0.3, -0.25) is 0 Å². The van der Waals surface area contributed by atoms with Crippen LogP contribution in [0.25, 0.3) is 0 Å². The van der Waals surface area contributed by atoms with Crippen LogP contribution in [0.2, 0.25) is 45.3 Å². The summed E-state index contributed by atoms with van der Waals surface area (Å²) in [4.78, 5) is 0. The Kier molecular flexibility index (Phi) is 4.69. The summed E-state index contributed by atoms with van der Waals surface area (Å²) >= 11 is 0. The highest BCUT2D eigenvalue weighted by Crippen LogP contribution is 2.51. The van der Waals surface area contributed by atoms with Crippen molar-refractivity contribution in [2.24, 2.45) is 23.7 Å². The maximum absolute atomic E-state index is 9.48. The molecule has 3 heteroatoms. The van der Waals surface area contributed by atoms with E-state index in [0.29, 0.717) is 0 Å². The van der Waals surface area contributed by atoms with Gasteiger partial charge in [-0.25, -0.2) is 0 Å². The van der Waals surface area contributed by atoms with Crippen molar-refractivity contribution in [2.45, 2.75) is 84.4 Å². The van der Waals surface area contributed by atoms with Crippen molar-refractivity contribution in [3.05, 3.63) is 0 Å². The molecule has 0 heterocycles. The third kappa shape index (κ3) is 3.70. The van der Waals surface area contributed by atoms with Gasteiger partial charge in [0.1, 0.15) is 0 Å². The van der Waals surface area contributed by atoms with Crippen LogP contribution in [0.5, 0.6) is 0 Å². The second-order valence-electron chi connectivity index (χ2n) is 9.73. The van der Waals surface area contributed by atoms with Crippen molar-refractivity contribution in [2.75, 3.05) is 0 Å². The second kappa shape index (κ2) is 6.04. The molecule has 0 spiro atoms. The lowest BCUT2D eigenvalue weighted by Crippen LogP contribution is -2.58. The van der Waals surface area contributed by atoms with Gasteiger partial charge in [-0.05, 0) is 36.5 Å². The van der Waals surface area contributed by atoms with Crippen LogP contribution in [0.1, 0.15) is 39.0 Å². The molecule has 0 aliphatic heterocycles. The lowest BCUT2D eigenvalue weighted by atomic mass is 9.88. The van der Waals surface area contributed by atoms with Crippen LogP contribution < -0.4 is 0 Å². The van der Waals surface area contributed by atoms with Crippen LogP contribution >= 0.6 is 0 Å². The highest BCUT2D eigenvalue weighted by Gasteiger charge is 2.44. The summed E-state index contributed by atoms with van der Waals surface area (Å²) in [5.41, 5.74) is 0. The van der Waals surface area contributed by atoms with Crippen molar-refractivity contribution in [3.8, 4) is 0 Å². The summed E-state index contributed by atoms with van der Waals surface area (Å²) in [6.07, 6.45) is 7.42. The summed E-state index contributed by atoms with van der Waals surface area (Å²) in [5, 5.41) is 0. The first-order chi connectivity index (χ1) is 9.47. The van der Waals surface area contributed by atoms with Gasteiger partial charge in [0.25, 0.3) is 0 Å². The first-order valence-electron chi connectivity index (χ1n) is 9.47. The molecule has 0 N–H and O–H groups in total. The zero-order valence-electron chi connectivity index (χ0n) is 16.1. The Bertz CT molecular complexity index is 355. The molecule has 0 unspecified atom stereocenters. The average molecular weight is 328 g/mol. The minimum atomic E-state index is -1.76. The molecule has 118 valence electrons. The second-order valence-corrected chi connectivity index (χ2v) is 34.3. The first kappa shape index (κ1) is 15.5. The average Bonchev–Trinajstić information content (AvgIpc) is 2.87. The third-order valence-corrected chi connectivity index (χ3v) is 36.6. The van der Waals surface area contributed by atoms with Crippen molar-refractivity contribution in [1.82, 2.24) is 0 Å². The third-order valence-electron chi connectivity index (χ3n) is 6.32. The normalized spacial score (nSPS) is 36.0. The SMILES string of the molecule is [2H][Si](CC[C@@H]1C[C@H]2CCC[C@H]2[C@H]1C)([Si](C)(C)C)[Si](C)(C)C. The highest BCUT2D eigenvalue weighted by atomic mass is 29.6. The lowest BCUT2D eigenvalue weighted by molar-refractivity contribution is 0.322. The van der Waals surface area contributed by atoms with Crippen LogP contribution in [0.3, 0.4) is 0 Å². The highest BCUT2D eigenvalue weighted by molar-refractivity contribution is 7.60. The molecule has 2 aliphatic carbocycles. The molecular weight excluding hydrogens is 288 g/mol. The molecule has 0 aromatic carbocycles. The molecule has 0 saturated heterocycles. The van der Waals surface area contributed by atoms with Crippen molar-refractivity contribution in [1.29, 1.82) is 1.23 Å². The minimum Gasteiger partial charge on any atom is -0.0719 e. The Balaban J connectivity index is 2.04. The van der Waals surface area contributed by atoms with E-state index in [4.69, 9.17) is 0 Å². The van der Waals surface area contributed by atoms with Crippen molar-refractivity contribution in [3.63, 3.8) is 0 Å². The van der Waals surface area contributed by atoms with Crippen molar-refractivity contribution < 1.29 is 0 Å². The summed E-state index contributed by atoms with van der Waals surface area (Å²) in [5.74, 6) is 4.03. The maximum Gasteiger partial charge on any atom is 0.0324 e. The maximum atomic E-state index is 9.48. The van der Waals surface area contributed by atoms with Crippen molar-refractivity contribution >= 4 is 22.9 Å². The molecule has 20 heavy (non-hydrogen) atoms. The zero-order chi connectivity index (χ0) is 16.1. The van der Waals surface area contributed by atoms with Gasteiger partial charge in [0.15, 0.2) is 0 Å². The largest absolute Gasteiger partial charge is 0.0719 e. The first-order valence-corrected chi connectivity index (χ1v) is 19.7.